The molecule has 0 bridgehead atoms. The van der Waals surface area contributed by atoms with Crippen LogP contribution < -0.4 is 51.7 Å². The van der Waals surface area contributed by atoms with Crippen molar-refractivity contribution >= 4 is 89.8 Å². The molecule has 8 heteroatoms. The summed E-state index contributed by atoms with van der Waals surface area (Å²) in [6.07, 6.45) is 0. The van der Waals surface area contributed by atoms with E-state index in [0.717, 1.165) is 112 Å². The van der Waals surface area contributed by atoms with Crippen LogP contribution in [0.2, 0.25) is 0 Å². The van der Waals surface area contributed by atoms with Crippen LogP contribution >= 0.6 is 0 Å². The average molecular weight is 1100 g/mol. The van der Waals surface area contributed by atoms with Crippen molar-refractivity contribution in [3.63, 3.8) is 0 Å². The van der Waals surface area contributed by atoms with Crippen LogP contribution in [0.25, 0.3) is 99.5 Å². The summed E-state index contributed by atoms with van der Waals surface area (Å²) in [5.74, 6) is 6.25. The number of ether oxygens (including phenoxy) is 4. The summed E-state index contributed by atoms with van der Waals surface area (Å²) in [6, 6.07) is 100. The predicted molar refractivity (Wildman–Crippen MR) is 352 cm³/mol. The molecule has 0 fully saturated rings. The van der Waals surface area contributed by atoms with E-state index in [9.17, 15) is 0 Å². The summed E-state index contributed by atoms with van der Waals surface area (Å²) in [6.45, 7) is -0.415. The van der Waals surface area contributed by atoms with E-state index in [-0.39, 0.29) is 13.4 Å². The number of para-hydroxylation sites is 2. The monoisotopic (exact) mass is 1100 g/mol. The second-order valence-electron chi connectivity index (χ2n) is 23.1. The Morgan fingerprint density at radius 3 is 0.802 bits per heavy atom. The Hall–Kier alpha value is -11.2. The topological polar surface area (TPSA) is 46.8 Å². The van der Waals surface area contributed by atoms with Crippen molar-refractivity contribution < 1.29 is 18.9 Å². The second kappa shape index (κ2) is 18.1. The summed E-state index contributed by atoms with van der Waals surface area (Å²) >= 11 is 0. The molecule has 13 aromatic carbocycles. The van der Waals surface area contributed by atoms with Gasteiger partial charge in [-0.05, 0) is 139 Å². The lowest BCUT2D eigenvalue weighted by molar-refractivity contribution is 0.457. The molecule has 15 aromatic rings. The smallest absolute Gasteiger partial charge is 0.260 e. The lowest BCUT2D eigenvalue weighted by Crippen LogP contribution is -2.60. The lowest BCUT2D eigenvalue weighted by Gasteiger charge is -2.37. The number of benzene rings is 13. The van der Waals surface area contributed by atoms with E-state index in [1.54, 1.807) is 0 Å². The maximum Gasteiger partial charge on any atom is 0.260 e. The first-order valence-corrected chi connectivity index (χ1v) is 29.4. The molecule has 6 heterocycles. The summed E-state index contributed by atoms with van der Waals surface area (Å²) in [7, 11) is 0. The van der Waals surface area contributed by atoms with Crippen LogP contribution in [0.5, 0.6) is 46.0 Å². The van der Waals surface area contributed by atoms with Crippen molar-refractivity contribution in [2.75, 3.05) is 0 Å². The lowest BCUT2D eigenvalue weighted by atomic mass is 9.32. The molecular weight excluding hydrogens is 1050 g/mol. The molecule has 4 aliphatic rings. The van der Waals surface area contributed by atoms with Gasteiger partial charge in [-0.3, -0.25) is 0 Å². The quantitative estimate of drug-likeness (QED) is 0.156. The number of fused-ring (bicyclic) bond motifs is 14. The van der Waals surface area contributed by atoms with Gasteiger partial charge in [-0.2, -0.15) is 0 Å². The highest BCUT2D eigenvalue weighted by Crippen LogP contribution is 2.45. The third kappa shape index (κ3) is 7.04. The van der Waals surface area contributed by atoms with Crippen LogP contribution in [0.4, 0.5) is 0 Å². The Morgan fingerprint density at radius 1 is 0.209 bits per heavy atom. The molecule has 0 amide bonds. The van der Waals surface area contributed by atoms with Gasteiger partial charge in [0.05, 0.1) is 33.4 Å². The van der Waals surface area contributed by atoms with E-state index in [2.05, 4.69) is 288 Å². The van der Waals surface area contributed by atoms with Crippen LogP contribution in [0.3, 0.4) is 0 Å². The fourth-order valence-corrected chi connectivity index (χ4v) is 14.5. The maximum atomic E-state index is 7.38. The number of hydrogen-bond donors (Lipinski definition) is 0. The zero-order valence-corrected chi connectivity index (χ0v) is 46.2. The normalized spacial score (nSPS) is 13.0. The second-order valence-corrected chi connectivity index (χ2v) is 23.1. The van der Waals surface area contributed by atoms with Crippen molar-refractivity contribution in [1.82, 2.24) is 9.13 Å². The first-order chi connectivity index (χ1) is 42.6. The summed E-state index contributed by atoms with van der Waals surface area (Å²) < 4.78 is 33.6. The molecule has 0 saturated carbocycles. The van der Waals surface area contributed by atoms with Gasteiger partial charge < -0.3 is 28.1 Å². The van der Waals surface area contributed by atoms with E-state index >= 15 is 0 Å². The first-order valence-electron chi connectivity index (χ1n) is 29.4. The van der Waals surface area contributed by atoms with E-state index in [1.807, 2.05) is 0 Å². The van der Waals surface area contributed by atoms with Crippen LogP contribution in [0.1, 0.15) is 0 Å². The Bertz CT molecular complexity index is 4840. The summed E-state index contributed by atoms with van der Waals surface area (Å²) in [4.78, 5) is 0. The van der Waals surface area contributed by atoms with Crippen LogP contribution in [0.15, 0.2) is 279 Å². The summed E-state index contributed by atoms with van der Waals surface area (Å²) in [5, 5.41) is 4.67. The van der Waals surface area contributed by atoms with Gasteiger partial charge in [0.25, 0.3) is 13.4 Å². The number of hydrogen-bond acceptors (Lipinski definition) is 4. The Morgan fingerprint density at radius 2 is 0.488 bits per heavy atom. The van der Waals surface area contributed by atoms with Gasteiger partial charge in [-0.25, -0.2) is 0 Å². The van der Waals surface area contributed by atoms with E-state index in [1.165, 1.54) is 66.1 Å². The molecule has 0 N–H and O–H groups in total. The SMILES string of the molecule is c1ccc(-c2ccc3c(c2)c2cc(-c4ccccc4)ccc2n3-c2cc3c4c(c2)Oc2cc5c(cc2B4c2ccccc2O3)Oc2cc(-n3c4ccc(-c6ccccc6)cc4c4cc(-c6ccccc6)ccc43)cc3c2B5c2ccccc2O3)cc1. The molecular formula is C78H46B2N2O4. The van der Waals surface area contributed by atoms with Gasteiger partial charge >= 0.3 is 0 Å². The van der Waals surface area contributed by atoms with Crippen LogP contribution in [-0.2, 0) is 0 Å². The van der Waals surface area contributed by atoms with Crippen molar-refractivity contribution in [3.05, 3.63) is 279 Å². The maximum absolute atomic E-state index is 7.38. The first kappa shape index (κ1) is 47.3. The predicted octanol–water partition coefficient (Wildman–Crippen LogP) is 16.0. The summed E-state index contributed by atoms with van der Waals surface area (Å²) in [5.41, 5.74) is 21.8. The molecule has 6 nitrogen and oxygen atoms in total. The van der Waals surface area contributed by atoms with Crippen LogP contribution in [0, 0.1) is 0 Å². The molecule has 86 heavy (non-hydrogen) atoms. The third-order valence-electron chi connectivity index (χ3n) is 18.3. The minimum atomic E-state index is -0.207. The van der Waals surface area contributed by atoms with Crippen LogP contribution in [-0.4, -0.2) is 22.6 Å². The fourth-order valence-electron chi connectivity index (χ4n) is 14.5. The molecule has 0 atom stereocenters. The Balaban J connectivity index is 0.779. The number of rotatable bonds is 6. The molecule has 398 valence electrons. The molecule has 0 aliphatic carbocycles. The fraction of sp³-hybridized carbons (Fsp3) is 0. The molecule has 19 rings (SSSR count). The molecule has 2 aromatic heterocycles. The molecule has 0 spiro atoms. The van der Waals surface area contributed by atoms with Gasteiger partial charge in [0.1, 0.15) is 46.0 Å². The zero-order chi connectivity index (χ0) is 56.1. The van der Waals surface area contributed by atoms with Gasteiger partial charge in [0.2, 0.25) is 0 Å². The van der Waals surface area contributed by atoms with Gasteiger partial charge in [-0.1, -0.05) is 182 Å². The van der Waals surface area contributed by atoms with Gasteiger partial charge in [-0.15, -0.1) is 0 Å². The number of aromatic nitrogens is 2. The zero-order valence-electron chi connectivity index (χ0n) is 46.2. The molecule has 0 radical (unpaired) electrons. The van der Waals surface area contributed by atoms with Crippen molar-refractivity contribution in [1.29, 1.82) is 0 Å². The Labute approximate surface area is 496 Å². The van der Waals surface area contributed by atoms with Crippen molar-refractivity contribution in [3.8, 4) is 102 Å². The third-order valence-corrected chi connectivity index (χ3v) is 18.3. The van der Waals surface area contributed by atoms with Crippen molar-refractivity contribution in [2.45, 2.75) is 0 Å². The minimum Gasteiger partial charge on any atom is -0.458 e. The van der Waals surface area contributed by atoms with Crippen molar-refractivity contribution in [2.24, 2.45) is 0 Å². The minimum absolute atomic E-state index is 0.207. The highest BCUT2D eigenvalue weighted by molar-refractivity contribution is 7.00. The molecule has 0 unspecified atom stereocenters. The van der Waals surface area contributed by atoms with E-state index in [0.29, 0.717) is 0 Å². The average Bonchev–Trinajstić information content (AvgIpc) is 1.00. The van der Waals surface area contributed by atoms with E-state index in [4.69, 9.17) is 18.9 Å². The molecule has 0 saturated heterocycles. The highest BCUT2D eigenvalue weighted by Gasteiger charge is 2.45. The highest BCUT2D eigenvalue weighted by atomic mass is 16.5. The Kier molecular flexibility index (Phi) is 9.98. The largest absolute Gasteiger partial charge is 0.458 e. The van der Waals surface area contributed by atoms with E-state index < -0.39 is 0 Å². The standard InChI is InChI=1S/C78H46B2N2O4/c1-5-17-47(18-6-1)51-29-33-65-57(37-51)58-38-52(48-19-7-2-8-20-48)30-34-66(58)81(65)55-41-73-77-75(43-55)85-71-45-64-72(46-63(71)79(77)61-25-13-15-27-69(61)83-73)86-76-44-56(42-74-78(76)80(64)62-26-14-16-28-70(62)84-74)82-67-35-31-53(49-21-9-3-10-22-49)39-59(67)60-40-54(32-36-68(60)82)50-23-11-4-12-24-50/h1-46H. The molecule has 4 aliphatic heterocycles. The van der Waals surface area contributed by atoms with Gasteiger partial charge in [0, 0.05) is 56.7 Å². The number of nitrogens with zero attached hydrogens (tertiary/aromatic N) is 2. The van der Waals surface area contributed by atoms with Gasteiger partial charge in [0.15, 0.2) is 0 Å².